The molecule has 5 amide bonds. The molecule has 0 aliphatic carbocycles. The first-order valence-electron chi connectivity index (χ1n) is 17.3. The highest BCUT2D eigenvalue weighted by atomic mass is 16.4. The molecule has 51 heavy (non-hydrogen) atoms. The lowest BCUT2D eigenvalue weighted by molar-refractivity contribution is -0.143. The number of aliphatic hydroxyl groups excluding tert-OH is 1. The maximum Gasteiger partial charge on any atom is 0.326 e. The van der Waals surface area contributed by atoms with Crippen LogP contribution in [0.5, 0.6) is 0 Å². The molecular formula is C34H55N9O8. The Hall–Kier alpha value is -4.77. The van der Waals surface area contributed by atoms with E-state index < -0.39 is 78.4 Å². The van der Waals surface area contributed by atoms with Crippen LogP contribution in [-0.4, -0.2) is 108 Å². The van der Waals surface area contributed by atoms with E-state index in [-0.39, 0.29) is 43.6 Å². The van der Waals surface area contributed by atoms with E-state index in [4.69, 9.17) is 11.5 Å². The van der Waals surface area contributed by atoms with E-state index in [2.05, 4.69) is 36.9 Å². The molecule has 284 valence electrons. The summed E-state index contributed by atoms with van der Waals surface area (Å²) < 4.78 is 0. The third-order valence-corrected chi connectivity index (χ3v) is 8.26. The fourth-order valence-corrected chi connectivity index (χ4v) is 5.49. The standard InChI is InChI=1S/C34H55N9O8/c1-19(2)16-24(31(48)43-27(20(3)4)33(50)51)40-30(47)25(17-21-10-6-5-7-11-21)41-32(49)26(18-44)42-29(46)23(13-9-15-38-34(35)36)39-28(45)22-12-8-14-37-22/h5-7,10-11,19-20,22-27,37,44H,8-9,12-18H2,1-4H3,(H,39,45)(H,40,47)(H,41,49)(H,42,46)(H,43,48)(H,50,51)(H4,35,36,38)/t22-,23-,24-,25-,26-,27-/m0/s1. The Morgan fingerprint density at radius 3 is 1.98 bits per heavy atom. The lowest BCUT2D eigenvalue weighted by atomic mass is 9.99. The number of aliphatic carboxylic acids is 1. The summed E-state index contributed by atoms with van der Waals surface area (Å²) in [6.07, 6.45) is 2.00. The number of nitrogens with zero attached hydrogens (tertiary/aromatic N) is 1. The van der Waals surface area contributed by atoms with E-state index in [1.165, 1.54) is 0 Å². The number of benzene rings is 1. The van der Waals surface area contributed by atoms with Crippen LogP contribution in [0.25, 0.3) is 0 Å². The smallest absolute Gasteiger partial charge is 0.326 e. The predicted octanol–water partition coefficient (Wildman–Crippen LogP) is -1.76. The van der Waals surface area contributed by atoms with Crippen LogP contribution in [0.3, 0.4) is 0 Å². The normalized spacial score (nSPS) is 17.0. The molecule has 17 heteroatoms. The van der Waals surface area contributed by atoms with Crippen molar-refractivity contribution in [2.45, 2.75) is 102 Å². The van der Waals surface area contributed by atoms with Gasteiger partial charge in [-0.1, -0.05) is 58.0 Å². The summed E-state index contributed by atoms with van der Waals surface area (Å²) in [6, 6.07) is 2.10. The molecule has 2 rings (SSSR count). The van der Waals surface area contributed by atoms with Crippen LogP contribution in [0.2, 0.25) is 0 Å². The van der Waals surface area contributed by atoms with Crippen LogP contribution in [0, 0.1) is 11.8 Å². The van der Waals surface area contributed by atoms with Crippen molar-refractivity contribution in [3.8, 4) is 0 Å². The number of carbonyl (C=O) groups is 6. The number of amides is 5. The summed E-state index contributed by atoms with van der Waals surface area (Å²) in [5.41, 5.74) is 11.5. The Balaban J connectivity index is 2.26. The molecule has 17 nitrogen and oxygen atoms in total. The van der Waals surface area contributed by atoms with Crippen molar-refractivity contribution in [3.63, 3.8) is 0 Å². The van der Waals surface area contributed by atoms with Crippen LogP contribution in [0.4, 0.5) is 0 Å². The quantitative estimate of drug-likeness (QED) is 0.0386. The fraction of sp³-hybridized carbons (Fsp3) is 0.618. The first kappa shape index (κ1) is 42.4. The molecule has 0 spiro atoms. The minimum atomic E-state index is -1.51. The van der Waals surface area contributed by atoms with Gasteiger partial charge in [0.05, 0.1) is 12.6 Å². The molecule has 1 aromatic rings. The summed E-state index contributed by atoms with van der Waals surface area (Å²) in [6.45, 7) is 6.98. The number of aliphatic hydroxyl groups is 1. The van der Waals surface area contributed by atoms with Gasteiger partial charge in [-0.05, 0) is 56.0 Å². The summed E-state index contributed by atoms with van der Waals surface area (Å²) >= 11 is 0. The van der Waals surface area contributed by atoms with Gasteiger partial charge in [-0.25, -0.2) is 4.79 Å². The van der Waals surface area contributed by atoms with Crippen LogP contribution in [0.15, 0.2) is 35.3 Å². The minimum Gasteiger partial charge on any atom is -0.480 e. The van der Waals surface area contributed by atoms with Crippen molar-refractivity contribution in [1.29, 1.82) is 0 Å². The van der Waals surface area contributed by atoms with Gasteiger partial charge in [0.25, 0.3) is 0 Å². The van der Waals surface area contributed by atoms with Crippen molar-refractivity contribution in [1.82, 2.24) is 31.9 Å². The Morgan fingerprint density at radius 1 is 0.843 bits per heavy atom. The van der Waals surface area contributed by atoms with E-state index >= 15 is 0 Å². The highest BCUT2D eigenvalue weighted by molar-refractivity contribution is 5.96. The minimum absolute atomic E-state index is 0.0118. The second-order valence-corrected chi connectivity index (χ2v) is 13.4. The zero-order chi connectivity index (χ0) is 38.1. The SMILES string of the molecule is CC(C)C[C@H](NC(=O)[C@H](Cc1ccccc1)NC(=O)[C@H](CO)NC(=O)[C@H](CCCN=C(N)N)NC(=O)[C@@H]1CCCN1)C(=O)N[C@H](C(=O)O)C(C)C. The molecule has 1 fully saturated rings. The molecule has 1 heterocycles. The molecule has 0 saturated carbocycles. The molecule has 0 radical (unpaired) electrons. The van der Waals surface area contributed by atoms with Gasteiger partial charge < -0.3 is 53.6 Å². The number of carbonyl (C=O) groups excluding carboxylic acids is 5. The molecule has 1 aliphatic rings. The van der Waals surface area contributed by atoms with Crippen LogP contribution in [-0.2, 0) is 35.2 Å². The van der Waals surface area contributed by atoms with Gasteiger partial charge in [0, 0.05) is 13.0 Å². The molecule has 6 atom stereocenters. The molecule has 12 N–H and O–H groups in total. The van der Waals surface area contributed by atoms with Crippen molar-refractivity contribution in [3.05, 3.63) is 35.9 Å². The van der Waals surface area contributed by atoms with Crippen molar-refractivity contribution in [2.24, 2.45) is 28.3 Å². The van der Waals surface area contributed by atoms with E-state index in [9.17, 15) is 39.0 Å². The fourth-order valence-electron chi connectivity index (χ4n) is 5.49. The highest BCUT2D eigenvalue weighted by Gasteiger charge is 2.34. The monoisotopic (exact) mass is 717 g/mol. The van der Waals surface area contributed by atoms with E-state index in [0.717, 1.165) is 6.42 Å². The second-order valence-electron chi connectivity index (χ2n) is 13.4. The zero-order valence-electron chi connectivity index (χ0n) is 29.8. The molecule has 1 aromatic carbocycles. The summed E-state index contributed by atoms with van der Waals surface area (Å²) in [7, 11) is 0. The molecule has 1 aliphatic heterocycles. The number of carboxylic acids is 1. The Labute approximate surface area is 298 Å². The number of carboxylic acid groups (broad SMARTS) is 1. The third kappa shape index (κ3) is 14.9. The third-order valence-electron chi connectivity index (χ3n) is 8.26. The van der Waals surface area contributed by atoms with Crippen molar-refractivity contribution in [2.75, 3.05) is 19.7 Å². The molecule has 0 bridgehead atoms. The Kier molecular flexibility index (Phi) is 17.8. The summed E-state index contributed by atoms with van der Waals surface area (Å²) in [4.78, 5) is 82.5. The van der Waals surface area contributed by atoms with Gasteiger partial charge >= 0.3 is 5.97 Å². The predicted molar refractivity (Wildman–Crippen MR) is 190 cm³/mol. The number of hydrogen-bond acceptors (Lipinski definition) is 9. The van der Waals surface area contributed by atoms with E-state index in [0.29, 0.717) is 24.9 Å². The largest absolute Gasteiger partial charge is 0.480 e. The van der Waals surface area contributed by atoms with Crippen LogP contribution >= 0.6 is 0 Å². The number of aliphatic imine (C=N–C) groups is 1. The Bertz CT molecular complexity index is 1350. The first-order chi connectivity index (χ1) is 24.1. The van der Waals surface area contributed by atoms with Crippen LogP contribution in [0.1, 0.15) is 65.4 Å². The number of guanidine groups is 1. The van der Waals surface area contributed by atoms with Crippen molar-refractivity contribution >= 4 is 41.5 Å². The molecule has 0 aromatic heterocycles. The van der Waals surface area contributed by atoms with Gasteiger partial charge in [-0.2, -0.15) is 0 Å². The maximum absolute atomic E-state index is 13.8. The average Bonchev–Trinajstić information content (AvgIpc) is 3.62. The van der Waals surface area contributed by atoms with Gasteiger partial charge in [0.2, 0.25) is 29.5 Å². The molecule has 1 saturated heterocycles. The van der Waals surface area contributed by atoms with Crippen molar-refractivity contribution < 1.29 is 39.0 Å². The van der Waals surface area contributed by atoms with Gasteiger partial charge in [-0.3, -0.25) is 29.0 Å². The van der Waals surface area contributed by atoms with Gasteiger partial charge in [0.1, 0.15) is 30.2 Å². The second kappa shape index (κ2) is 21.4. The lowest BCUT2D eigenvalue weighted by Crippen LogP contribution is -2.60. The van der Waals surface area contributed by atoms with Crippen LogP contribution < -0.4 is 43.4 Å². The maximum atomic E-state index is 13.8. The molecular weight excluding hydrogens is 662 g/mol. The number of hydrogen-bond donors (Lipinski definition) is 10. The number of rotatable bonds is 21. The zero-order valence-corrected chi connectivity index (χ0v) is 29.8. The first-order valence-corrected chi connectivity index (χ1v) is 17.3. The highest BCUT2D eigenvalue weighted by Crippen LogP contribution is 2.11. The van der Waals surface area contributed by atoms with Gasteiger partial charge in [0.15, 0.2) is 5.96 Å². The summed E-state index contributed by atoms with van der Waals surface area (Å²) in [5.74, 6) is -5.29. The number of nitrogens with two attached hydrogens (primary N) is 2. The average molecular weight is 718 g/mol. The lowest BCUT2D eigenvalue weighted by Gasteiger charge is -2.27. The number of nitrogens with one attached hydrogen (secondary N) is 6. The van der Waals surface area contributed by atoms with Gasteiger partial charge in [-0.15, -0.1) is 0 Å². The molecule has 0 unspecified atom stereocenters. The van der Waals surface area contributed by atoms with E-state index in [1.807, 2.05) is 13.8 Å². The van der Waals surface area contributed by atoms with E-state index in [1.54, 1.807) is 44.2 Å². The Morgan fingerprint density at radius 2 is 1.43 bits per heavy atom. The topological polar surface area (TPSA) is 279 Å². The summed E-state index contributed by atoms with van der Waals surface area (Å²) in [5, 5.41) is 35.8.